The van der Waals surface area contributed by atoms with Crippen molar-refractivity contribution in [2.75, 3.05) is 26.3 Å². The Morgan fingerprint density at radius 3 is 3.06 bits per heavy atom. The number of hydrogen-bond donors (Lipinski definition) is 0. The molecule has 0 spiro atoms. The Morgan fingerprint density at radius 2 is 2.44 bits per heavy atom. The van der Waals surface area contributed by atoms with E-state index in [9.17, 15) is 4.79 Å². The van der Waals surface area contributed by atoms with Crippen LogP contribution in [0.4, 0.5) is 0 Å². The normalized spacial score (nSPS) is 24.1. The molecule has 0 aromatic carbocycles. The first-order valence-corrected chi connectivity index (χ1v) is 7.32. The highest BCUT2D eigenvalue weighted by Gasteiger charge is 2.28. The molecule has 2 aliphatic heterocycles. The van der Waals surface area contributed by atoms with Crippen molar-refractivity contribution in [3.8, 4) is 0 Å². The van der Waals surface area contributed by atoms with Crippen LogP contribution in [0.3, 0.4) is 0 Å². The summed E-state index contributed by atoms with van der Waals surface area (Å²) in [5.41, 5.74) is 1.39. The minimum Gasteiger partial charge on any atom is -0.381 e. The van der Waals surface area contributed by atoms with Crippen molar-refractivity contribution in [2.45, 2.75) is 12.8 Å². The van der Waals surface area contributed by atoms with E-state index < -0.39 is 0 Å². The van der Waals surface area contributed by atoms with E-state index in [2.05, 4.69) is 23.6 Å². The minimum absolute atomic E-state index is 0.0988. The van der Waals surface area contributed by atoms with Crippen LogP contribution >= 0.6 is 11.3 Å². The first-order valence-electron chi connectivity index (χ1n) is 6.44. The van der Waals surface area contributed by atoms with Gasteiger partial charge in [-0.2, -0.15) is 0 Å². The van der Waals surface area contributed by atoms with Gasteiger partial charge in [-0.1, -0.05) is 12.1 Å². The van der Waals surface area contributed by atoms with Gasteiger partial charge in [-0.25, -0.2) is 0 Å². The lowest BCUT2D eigenvalue weighted by molar-refractivity contribution is -0.135. The number of amides is 1. The molecule has 0 saturated carbocycles. The molecular weight excluding hydrogens is 246 g/mol. The standard InChI is InChI=1S/C14H17NO2S/c16-14(12-5-8-17-10-12)15-6-3-11(4-7-15)13-2-1-9-18-13/h1-3,9,12H,4-8,10H2. The first-order chi connectivity index (χ1) is 8.84. The van der Waals surface area contributed by atoms with E-state index in [1.165, 1.54) is 10.5 Å². The Bertz CT molecular complexity index is 446. The number of carbonyl (C=O) groups excluding carboxylic acids is 1. The van der Waals surface area contributed by atoms with Gasteiger partial charge in [-0.05, 0) is 29.9 Å². The molecule has 18 heavy (non-hydrogen) atoms. The lowest BCUT2D eigenvalue weighted by Gasteiger charge is -2.28. The Kier molecular flexibility index (Phi) is 3.48. The van der Waals surface area contributed by atoms with E-state index in [0.717, 1.165) is 32.5 Å². The van der Waals surface area contributed by atoms with E-state index in [1.807, 2.05) is 4.90 Å². The molecule has 1 saturated heterocycles. The quantitative estimate of drug-likeness (QED) is 0.820. The van der Waals surface area contributed by atoms with Crippen LogP contribution in [0.25, 0.3) is 5.57 Å². The lowest BCUT2D eigenvalue weighted by Crippen LogP contribution is -2.39. The third-order valence-electron chi connectivity index (χ3n) is 3.64. The monoisotopic (exact) mass is 263 g/mol. The van der Waals surface area contributed by atoms with Crippen molar-refractivity contribution in [3.63, 3.8) is 0 Å². The van der Waals surface area contributed by atoms with E-state index in [1.54, 1.807) is 11.3 Å². The van der Waals surface area contributed by atoms with Crippen molar-refractivity contribution in [2.24, 2.45) is 5.92 Å². The van der Waals surface area contributed by atoms with Gasteiger partial charge in [0.05, 0.1) is 12.5 Å². The Morgan fingerprint density at radius 1 is 1.50 bits per heavy atom. The number of hydrogen-bond acceptors (Lipinski definition) is 3. The third-order valence-corrected chi connectivity index (χ3v) is 4.58. The molecule has 3 nitrogen and oxygen atoms in total. The molecule has 96 valence electrons. The smallest absolute Gasteiger partial charge is 0.228 e. The van der Waals surface area contributed by atoms with Gasteiger partial charge in [0.25, 0.3) is 0 Å². The van der Waals surface area contributed by atoms with Crippen LogP contribution in [0.5, 0.6) is 0 Å². The van der Waals surface area contributed by atoms with Crippen LogP contribution in [0.2, 0.25) is 0 Å². The van der Waals surface area contributed by atoms with Gasteiger partial charge in [0.1, 0.15) is 0 Å². The highest BCUT2D eigenvalue weighted by molar-refractivity contribution is 7.11. The van der Waals surface area contributed by atoms with E-state index in [0.29, 0.717) is 6.61 Å². The summed E-state index contributed by atoms with van der Waals surface area (Å²) in [6, 6.07) is 4.23. The summed E-state index contributed by atoms with van der Waals surface area (Å²) in [6.07, 6.45) is 4.06. The fraction of sp³-hybridized carbons (Fsp3) is 0.500. The molecule has 0 N–H and O–H groups in total. The third kappa shape index (κ3) is 2.35. The molecule has 1 fully saturated rings. The van der Waals surface area contributed by atoms with Gasteiger partial charge < -0.3 is 9.64 Å². The molecule has 3 heterocycles. The molecule has 0 radical (unpaired) electrons. The molecular formula is C14H17NO2S. The van der Waals surface area contributed by atoms with Gasteiger partial charge >= 0.3 is 0 Å². The molecule has 1 unspecified atom stereocenters. The summed E-state index contributed by atoms with van der Waals surface area (Å²) in [5, 5.41) is 2.10. The minimum atomic E-state index is 0.0988. The summed E-state index contributed by atoms with van der Waals surface area (Å²) in [5.74, 6) is 0.371. The summed E-state index contributed by atoms with van der Waals surface area (Å²) in [7, 11) is 0. The van der Waals surface area contributed by atoms with Crippen LogP contribution in [0.1, 0.15) is 17.7 Å². The molecule has 4 heteroatoms. The summed E-state index contributed by atoms with van der Waals surface area (Å²) in [4.78, 5) is 15.5. The molecule has 1 aromatic heterocycles. The summed E-state index contributed by atoms with van der Waals surface area (Å²) < 4.78 is 5.29. The van der Waals surface area contributed by atoms with Gasteiger partial charge in [0, 0.05) is 24.6 Å². The van der Waals surface area contributed by atoms with Crippen molar-refractivity contribution in [1.82, 2.24) is 4.90 Å². The van der Waals surface area contributed by atoms with Gasteiger partial charge in [0.15, 0.2) is 0 Å². The maximum absolute atomic E-state index is 12.2. The number of ether oxygens (including phenoxy) is 1. The van der Waals surface area contributed by atoms with Crippen LogP contribution < -0.4 is 0 Å². The van der Waals surface area contributed by atoms with Gasteiger partial charge in [0.2, 0.25) is 5.91 Å². The Labute approximate surface area is 111 Å². The first kappa shape index (κ1) is 11.9. The van der Waals surface area contributed by atoms with Crippen LogP contribution in [-0.2, 0) is 9.53 Å². The molecule has 0 bridgehead atoms. The fourth-order valence-corrected chi connectivity index (χ4v) is 3.34. The van der Waals surface area contributed by atoms with Crippen molar-refractivity contribution < 1.29 is 9.53 Å². The van der Waals surface area contributed by atoms with Crippen LogP contribution in [0, 0.1) is 5.92 Å². The second-order valence-electron chi connectivity index (χ2n) is 4.80. The van der Waals surface area contributed by atoms with Crippen LogP contribution in [-0.4, -0.2) is 37.1 Å². The van der Waals surface area contributed by atoms with Crippen molar-refractivity contribution in [1.29, 1.82) is 0 Å². The summed E-state index contributed by atoms with van der Waals surface area (Å²) in [6.45, 7) is 2.94. The van der Waals surface area contributed by atoms with E-state index in [4.69, 9.17) is 4.74 Å². The summed E-state index contributed by atoms with van der Waals surface area (Å²) >= 11 is 1.77. The largest absolute Gasteiger partial charge is 0.381 e. The molecule has 1 amide bonds. The van der Waals surface area contributed by atoms with Gasteiger partial charge in [-0.3, -0.25) is 4.79 Å². The molecule has 3 rings (SSSR count). The van der Waals surface area contributed by atoms with Crippen molar-refractivity contribution >= 4 is 22.8 Å². The zero-order chi connectivity index (χ0) is 12.4. The van der Waals surface area contributed by atoms with Gasteiger partial charge in [-0.15, -0.1) is 11.3 Å². The lowest BCUT2D eigenvalue weighted by atomic mass is 10.0. The second-order valence-corrected chi connectivity index (χ2v) is 5.75. The van der Waals surface area contributed by atoms with E-state index in [-0.39, 0.29) is 11.8 Å². The van der Waals surface area contributed by atoms with Crippen molar-refractivity contribution in [3.05, 3.63) is 28.5 Å². The fourth-order valence-electron chi connectivity index (χ4n) is 2.54. The number of nitrogens with zero attached hydrogens (tertiary/aromatic N) is 1. The number of thiophene rings is 1. The maximum Gasteiger partial charge on any atom is 0.228 e. The molecule has 2 aliphatic rings. The van der Waals surface area contributed by atoms with E-state index >= 15 is 0 Å². The molecule has 0 aliphatic carbocycles. The predicted octanol–water partition coefficient (Wildman–Crippen LogP) is 2.40. The Hall–Kier alpha value is -1.13. The maximum atomic E-state index is 12.2. The topological polar surface area (TPSA) is 29.5 Å². The zero-order valence-corrected chi connectivity index (χ0v) is 11.1. The SMILES string of the molecule is O=C(C1CCOC1)N1CC=C(c2cccs2)CC1. The number of carbonyl (C=O) groups is 1. The molecule has 1 atom stereocenters. The highest BCUT2D eigenvalue weighted by atomic mass is 32.1. The zero-order valence-electron chi connectivity index (χ0n) is 10.3. The average Bonchev–Trinajstić information content (AvgIpc) is 3.11. The predicted molar refractivity (Wildman–Crippen MR) is 72.4 cm³/mol. The second kappa shape index (κ2) is 5.24. The number of rotatable bonds is 2. The average molecular weight is 263 g/mol. The van der Waals surface area contributed by atoms with Crippen LogP contribution in [0.15, 0.2) is 23.6 Å². The molecule has 1 aromatic rings. The highest BCUT2D eigenvalue weighted by Crippen LogP contribution is 2.27. The Balaban J connectivity index is 1.63.